The van der Waals surface area contributed by atoms with Crippen molar-refractivity contribution in [1.29, 1.82) is 0 Å². The number of nitrogens with zero attached hydrogens (tertiary/aromatic N) is 3. The van der Waals surface area contributed by atoms with E-state index in [0.29, 0.717) is 16.8 Å². The highest BCUT2D eigenvalue weighted by Crippen LogP contribution is 2.28. The van der Waals surface area contributed by atoms with Gasteiger partial charge in [0.1, 0.15) is 0 Å². The lowest BCUT2D eigenvalue weighted by Crippen LogP contribution is -2.26. The monoisotopic (exact) mass is 273 g/mol. The standard InChI is InChI=1S/C9H11N3O3S2/c1-15-7(14)5-3-6(13)12(4-5)9-10-8(16-2)11-17-9/h5H,3-4H2,1-2H3. The first-order chi connectivity index (χ1) is 8.15. The van der Waals surface area contributed by atoms with Gasteiger partial charge in [-0.05, 0) is 6.26 Å². The third-order valence-corrected chi connectivity index (χ3v) is 3.87. The zero-order chi connectivity index (χ0) is 12.4. The Balaban J connectivity index is 2.12. The molecule has 1 atom stereocenters. The van der Waals surface area contributed by atoms with Crippen LogP contribution in [-0.4, -0.2) is 41.1 Å². The highest BCUT2D eigenvalue weighted by atomic mass is 32.2. The average Bonchev–Trinajstić information content (AvgIpc) is 2.93. The van der Waals surface area contributed by atoms with Crippen LogP contribution in [0.5, 0.6) is 0 Å². The summed E-state index contributed by atoms with van der Waals surface area (Å²) >= 11 is 2.59. The highest BCUT2D eigenvalue weighted by Gasteiger charge is 2.37. The summed E-state index contributed by atoms with van der Waals surface area (Å²) in [7, 11) is 1.33. The molecule has 6 nitrogen and oxygen atoms in total. The minimum Gasteiger partial charge on any atom is -0.469 e. The van der Waals surface area contributed by atoms with Crippen LogP contribution in [0.3, 0.4) is 0 Å². The lowest BCUT2D eigenvalue weighted by Gasteiger charge is -2.11. The molecule has 17 heavy (non-hydrogen) atoms. The van der Waals surface area contributed by atoms with Gasteiger partial charge in [-0.2, -0.15) is 9.36 Å². The molecule has 0 aromatic carbocycles. The summed E-state index contributed by atoms with van der Waals surface area (Å²) in [6.07, 6.45) is 2.05. The first-order valence-electron chi connectivity index (χ1n) is 4.91. The Labute approximate surface area is 107 Å². The fraction of sp³-hybridized carbons (Fsp3) is 0.556. The van der Waals surface area contributed by atoms with Crippen LogP contribution >= 0.6 is 23.3 Å². The van der Waals surface area contributed by atoms with Gasteiger partial charge in [-0.25, -0.2) is 0 Å². The summed E-state index contributed by atoms with van der Waals surface area (Å²) in [5.74, 6) is -0.853. The van der Waals surface area contributed by atoms with Crippen molar-refractivity contribution in [1.82, 2.24) is 9.36 Å². The van der Waals surface area contributed by atoms with Gasteiger partial charge >= 0.3 is 5.97 Å². The van der Waals surface area contributed by atoms with Gasteiger partial charge in [0.05, 0.1) is 13.0 Å². The summed E-state index contributed by atoms with van der Waals surface area (Å²) in [4.78, 5) is 28.8. The fourth-order valence-corrected chi connectivity index (χ4v) is 2.86. The smallest absolute Gasteiger partial charge is 0.311 e. The highest BCUT2D eigenvalue weighted by molar-refractivity contribution is 7.98. The van der Waals surface area contributed by atoms with Crippen LogP contribution in [-0.2, 0) is 14.3 Å². The van der Waals surface area contributed by atoms with Gasteiger partial charge in [0.2, 0.25) is 16.2 Å². The minimum absolute atomic E-state index is 0.107. The van der Waals surface area contributed by atoms with E-state index in [4.69, 9.17) is 0 Å². The molecule has 0 saturated carbocycles. The van der Waals surface area contributed by atoms with Crippen molar-refractivity contribution in [2.75, 3.05) is 24.8 Å². The van der Waals surface area contributed by atoms with Gasteiger partial charge < -0.3 is 4.74 Å². The number of ether oxygens (including phenoxy) is 1. The Morgan fingerprint density at radius 3 is 3.00 bits per heavy atom. The number of rotatable bonds is 3. The molecule has 1 aliphatic heterocycles. The van der Waals surface area contributed by atoms with E-state index >= 15 is 0 Å². The van der Waals surface area contributed by atoms with Crippen LogP contribution in [0.2, 0.25) is 0 Å². The molecule has 1 aromatic rings. The second-order valence-electron chi connectivity index (χ2n) is 3.49. The number of hydrogen-bond donors (Lipinski definition) is 0. The Kier molecular flexibility index (Phi) is 3.63. The van der Waals surface area contributed by atoms with Crippen LogP contribution in [0.1, 0.15) is 6.42 Å². The number of methoxy groups -OCH3 is 1. The second kappa shape index (κ2) is 5.01. The van der Waals surface area contributed by atoms with Gasteiger partial charge in [0.15, 0.2) is 0 Å². The van der Waals surface area contributed by atoms with Crippen molar-refractivity contribution in [2.45, 2.75) is 11.6 Å². The molecular weight excluding hydrogens is 262 g/mol. The van der Waals surface area contributed by atoms with Crippen LogP contribution < -0.4 is 4.90 Å². The predicted molar refractivity (Wildman–Crippen MR) is 64.2 cm³/mol. The first kappa shape index (κ1) is 12.3. The van der Waals surface area contributed by atoms with Gasteiger partial charge in [-0.1, -0.05) is 11.8 Å². The Bertz CT molecular complexity index is 448. The molecule has 2 rings (SSSR count). The van der Waals surface area contributed by atoms with Gasteiger partial charge in [-0.3, -0.25) is 14.5 Å². The fourth-order valence-electron chi connectivity index (χ4n) is 1.61. The maximum atomic E-state index is 11.8. The normalized spacial score (nSPS) is 19.8. The quantitative estimate of drug-likeness (QED) is 0.599. The van der Waals surface area contributed by atoms with Gasteiger partial charge in [0.25, 0.3) is 0 Å². The van der Waals surface area contributed by atoms with Crippen molar-refractivity contribution in [3.8, 4) is 0 Å². The van der Waals surface area contributed by atoms with Gasteiger partial charge in [0, 0.05) is 24.5 Å². The predicted octanol–water partition coefficient (Wildman–Crippen LogP) is 0.786. The van der Waals surface area contributed by atoms with Crippen LogP contribution in [0.25, 0.3) is 0 Å². The molecular formula is C9H11N3O3S2. The van der Waals surface area contributed by atoms with Crippen molar-refractivity contribution in [3.05, 3.63) is 0 Å². The Hall–Kier alpha value is -1.15. The second-order valence-corrected chi connectivity index (χ2v) is 5.00. The van der Waals surface area contributed by atoms with E-state index in [9.17, 15) is 9.59 Å². The number of carbonyl (C=O) groups is 2. The van der Waals surface area contributed by atoms with Crippen molar-refractivity contribution >= 4 is 40.3 Å². The molecule has 0 radical (unpaired) electrons. The van der Waals surface area contributed by atoms with E-state index in [-0.39, 0.29) is 18.3 Å². The number of anilines is 1. The molecule has 8 heteroatoms. The molecule has 0 spiro atoms. The van der Waals surface area contributed by atoms with E-state index < -0.39 is 5.92 Å². The SMILES string of the molecule is COC(=O)C1CC(=O)N(c2nc(SC)ns2)C1. The number of hydrogen-bond acceptors (Lipinski definition) is 7. The number of esters is 1. The number of thioether (sulfide) groups is 1. The number of aromatic nitrogens is 2. The summed E-state index contributed by atoms with van der Waals surface area (Å²) < 4.78 is 8.73. The largest absolute Gasteiger partial charge is 0.469 e. The van der Waals surface area contributed by atoms with Crippen LogP contribution in [0, 0.1) is 5.92 Å². The maximum absolute atomic E-state index is 11.8. The molecule has 1 amide bonds. The van der Waals surface area contributed by atoms with Gasteiger partial charge in [-0.15, -0.1) is 0 Å². The third-order valence-electron chi connectivity index (χ3n) is 2.47. The Morgan fingerprint density at radius 1 is 1.65 bits per heavy atom. The maximum Gasteiger partial charge on any atom is 0.311 e. The first-order valence-corrected chi connectivity index (χ1v) is 6.91. The molecule has 0 N–H and O–H groups in total. The van der Waals surface area contributed by atoms with Crippen molar-refractivity contribution < 1.29 is 14.3 Å². The lowest BCUT2D eigenvalue weighted by atomic mass is 10.1. The Morgan fingerprint density at radius 2 is 2.41 bits per heavy atom. The molecule has 1 unspecified atom stereocenters. The summed E-state index contributed by atoms with van der Waals surface area (Å²) in [6, 6.07) is 0. The van der Waals surface area contributed by atoms with Crippen molar-refractivity contribution in [2.24, 2.45) is 5.92 Å². The molecule has 0 aliphatic carbocycles. The molecule has 1 aromatic heterocycles. The number of carbonyl (C=O) groups excluding carboxylic acids is 2. The van der Waals surface area contributed by atoms with Crippen LogP contribution in [0.4, 0.5) is 5.13 Å². The van der Waals surface area contributed by atoms with E-state index in [2.05, 4.69) is 14.1 Å². The number of amides is 1. The van der Waals surface area contributed by atoms with E-state index in [1.165, 1.54) is 35.3 Å². The van der Waals surface area contributed by atoms with E-state index in [1.807, 2.05) is 6.26 Å². The van der Waals surface area contributed by atoms with E-state index in [1.54, 1.807) is 0 Å². The third kappa shape index (κ3) is 2.42. The minimum atomic E-state index is -0.394. The molecule has 1 aliphatic rings. The summed E-state index contributed by atoms with van der Waals surface area (Å²) in [6.45, 7) is 0.328. The van der Waals surface area contributed by atoms with Crippen molar-refractivity contribution in [3.63, 3.8) is 0 Å². The average molecular weight is 273 g/mol. The summed E-state index contributed by atoms with van der Waals surface area (Å²) in [5.41, 5.74) is 0. The zero-order valence-corrected chi connectivity index (χ0v) is 11.0. The molecule has 2 heterocycles. The lowest BCUT2D eigenvalue weighted by molar-refractivity contribution is -0.145. The topological polar surface area (TPSA) is 72.4 Å². The zero-order valence-electron chi connectivity index (χ0n) is 9.37. The van der Waals surface area contributed by atoms with Crippen LogP contribution in [0.15, 0.2) is 5.16 Å². The molecule has 1 fully saturated rings. The molecule has 0 bridgehead atoms. The van der Waals surface area contributed by atoms with E-state index in [0.717, 1.165) is 0 Å². The summed E-state index contributed by atoms with van der Waals surface area (Å²) in [5, 5.41) is 1.19. The molecule has 92 valence electrons. The molecule has 1 saturated heterocycles.